The fourth-order valence-electron chi connectivity index (χ4n) is 2.32. The maximum atomic E-state index is 12.7. The van der Waals surface area contributed by atoms with Gasteiger partial charge in [0.05, 0.1) is 16.3 Å². The summed E-state index contributed by atoms with van der Waals surface area (Å²) in [6, 6.07) is 5.34. The molecule has 2 aromatic rings. The first-order valence-electron chi connectivity index (χ1n) is 7.90. The van der Waals surface area contributed by atoms with Crippen molar-refractivity contribution in [2.75, 3.05) is 6.54 Å². The van der Waals surface area contributed by atoms with Gasteiger partial charge in [0.25, 0.3) is 5.91 Å². The summed E-state index contributed by atoms with van der Waals surface area (Å²) in [5.41, 5.74) is 7.28. The molecular formula is C17H24ClN5O. The van der Waals surface area contributed by atoms with E-state index in [-0.39, 0.29) is 17.5 Å². The van der Waals surface area contributed by atoms with Gasteiger partial charge in [-0.25, -0.2) is 9.67 Å². The van der Waals surface area contributed by atoms with Gasteiger partial charge in [0.1, 0.15) is 5.69 Å². The van der Waals surface area contributed by atoms with E-state index in [1.165, 1.54) is 0 Å². The molecule has 2 aromatic heterocycles. The molecular weight excluding hydrogens is 326 g/mol. The molecule has 6 nitrogen and oxygen atoms in total. The Balaban J connectivity index is 2.38. The summed E-state index contributed by atoms with van der Waals surface area (Å²) >= 11 is 6.19. The molecule has 0 bridgehead atoms. The normalized spacial score (nSPS) is 13.8. The second-order valence-electron chi connectivity index (χ2n) is 6.57. The highest BCUT2D eigenvalue weighted by atomic mass is 35.5. The van der Waals surface area contributed by atoms with Crippen LogP contribution in [0.25, 0.3) is 5.82 Å². The molecule has 0 fully saturated rings. The number of aromatic nitrogens is 3. The number of hydrogen-bond donors (Lipinski definition) is 2. The minimum Gasteiger partial charge on any atom is -0.344 e. The van der Waals surface area contributed by atoms with Gasteiger partial charge >= 0.3 is 0 Å². The number of nitrogens with one attached hydrogen (secondary N) is 1. The second-order valence-corrected chi connectivity index (χ2v) is 6.98. The molecule has 1 unspecified atom stereocenters. The summed E-state index contributed by atoms with van der Waals surface area (Å²) in [5.74, 6) is 0.378. The molecule has 1 amide bonds. The first kappa shape index (κ1) is 18.4. The van der Waals surface area contributed by atoms with E-state index in [2.05, 4.69) is 15.4 Å². The van der Waals surface area contributed by atoms with E-state index >= 15 is 0 Å². The molecule has 0 radical (unpaired) electrons. The summed E-state index contributed by atoms with van der Waals surface area (Å²) < 4.78 is 1.69. The molecule has 2 heterocycles. The summed E-state index contributed by atoms with van der Waals surface area (Å²) in [6.07, 6.45) is 0. The van der Waals surface area contributed by atoms with E-state index in [4.69, 9.17) is 17.3 Å². The van der Waals surface area contributed by atoms with Crippen molar-refractivity contribution in [3.63, 3.8) is 0 Å². The van der Waals surface area contributed by atoms with E-state index in [0.29, 0.717) is 17.4 Å². The van der Waals surface area contributed by atoms with Crippen LogP contribution in [-0.4, -0.2) is 32.8 Å². The zero-order valence-corrected chi connectivity index (χ0v) is 15.5. The molecule has 3 N–H and O–H groups in total. The lowest BCUT2D eigenvalue weighted by molar-refractivity contribution is 0.0878. The lowest BCUT2D eigenvalue weighted by Gasteiger charge is -2.33. The van der Waals surface area contributed by atoms with E-state index in [1.807, 2.05) is 40.7 Å². The van der Waals surface area contributed by atoms with Gasteiger partial charge in [0.15, 0.2) is 5.82 Å². The van der Waals surface area contributed by atoms with Crippen LogP contribution < -0.4 is 11.1 Å². The Hall–Kier alpha value is -1.92. The van der Waals surface area contributed by atoms with Gasteiger partial charge < -0.3 is 11.1 Å². The molecule has 0 saturated carbocycles. The van der Waals surface area contributed by atoms with Crippen molar-refractivity contribution in [2.45, 2.75) is 40.2 Å². The van der Waals surface area contributed by atoms with Crippen LogP contribution in [0.1, 0.15) is 42.6 Å². The lowest BCUT2D eigenvalue weighted by Crippen LogP contribution is -2.55. The van der Waals surface area contributed by atoms with E-state index in [9.17, 15) is 4.79 Å². The first-order valence-corrected chi connectivity index (χ1v) is 8.28. The Morgan fingerprint density at radius 2 is 2.08 bits per heavy atom. The molecule has 7 heteroatoms. The smallest absolute Gasteiger partial charge is 0.271 e. The van der Waals surface area contributed by atoms with Crippen LogP contribution in [0.3, 0.4) is 0 Å². The molecule has 24 heavy (non-hydrogen) atoms. The molecule has 1 atom stereocenters. The van der Waals surface area contributed by atoms with Gasteiger partial charge in [0.2, 0.25) is 0 Å². The second kappa shape index (κ2) is 6.91. The minimum absolute atomic E-state index is 0.169. The highest BCUT2D eigenvalue weighted by Crippen LogP contribution is 2.20. The zero-order valence-electron chi connectivity index (χ0n) is 14.7. The molecule has 0 aliphatic carbocycles. The van der Waals surface area contributed by atoms with Crippen LogP contribution in [0.5, 0.6) is 0 Å². The third-order valence-electron chi connectivity index (χ3n) is 4.37. The van der Waals surface area contributed by atoms with Crippen LogP contribution in [0.4, 0.5) is 0 Å². The summed E-state index contributed by atoms with van der Waals surface area (Å²) in [5, 5.41) is 7.64. The third-order valence-corrected chi connectivity index (χ3v) is 4.68. The molecule has 2 rings (SSSR count). The average molecular weight is 350 g/mol. The molecule has 0 saturated heterocycles. The van der Waals surface area contributed by atoms with Crippen molar-refractivity contribution < 1.29 is 4.79 Å². The van der Waals surface area contributed by atoms with Gasteiger partial charge in [-0.2, -0.15) is 5.10 Å². The molecule has 0 aromatic carbocycles. The summed E-state index contributed by atoms with van der Waals surface area (Å²) in [6.45, 7) is 10.1. The van der Waals surface area contributed by atoms with Gasteiger partial charge in [-0.05, 0) is 44.9 Å². The van der Waals surface area contributed by atoms with Crippen LogP contribution in [-0.2, 0) is 0 Å². The topological polar surface area (TPSA) is 85.8 Å². The maximum absolute atomic E-state index is 12.7. The highest BCUT2D eigenvalue weighted by Gasteiger charge is 2.30. The van der Waals surface area contributed by atoms with Crippen molar-refractivity contribution in [1.82, 2.24) is 20.1 Å². The molecule has 0 aliphatic rings. The largest absolute Gasteiger partial charge is 0.344 e. The Bertz CT molecular complexity index is 755. The quantitative estimate of drug-likeness (QED) is 0.868. The standard InChI is InChI=1S/C17H24ClN5O/c1-10(2)17(5,9-19)21-16(24)15-13(18)6-7-14(20-15)23-12(4)8-11(3)22-23/h6-8,10H,9,19H2,1-5H3,(H,21,24). The lowest BCUT2D eigenvalue weighted by atomic mass is 9.88. The number of aryl methyl sites for hydroxylation is 2. The van der Waals surface area contributed by atoms with Crippen molar-refractivity contribution >= 4 is 17.5 Å². The monoisotopic (exact) mass is 349 g/mol. The van der Waals surface area contributed by atoms with Crippen molar-refractivity contribution in [3.8, 4) is 5.82 Å². The predicted octanol–water partition coefficient (Wildman–Crippen LogP) is 2.64. The number of nitrogens with two attached hydrogens (primary N) is 1. The number of pyridine rings is 1. The van der Waals surface area contributed by atoms with E-state index in [0.717, 1.165) is 11.4 Å². The molecule has 0 spiro atoms. The maximum Gasteiger partial charge on any atom is 0.271 e. The fraction of sp³-hybridized carbons (Fsp3) is 0.471. The number of halogens is 1. The average Bonchev–Trinajstić information content (AvgIpc) is 2.85. The Morgan fingerprint density at radius 1 is 1.42 bits per heavy atom. The van der Waals surface area contributed by atoms with E-state index in [1.54, 1.807) is 16.8 Å². The first-order chi connectivity index (χ1) is 11.2. The number of rotatable bonds is 5. The number of nitrogens with zero attached hydrogens (tertiary/aromatic N) is 3. The van der Waals surface area contributed by atoms with Crippen molar-refractivity contribution in [1.29, 1.82) is 0 Å². The number of hydrogen-bond acceptors (Lipinski definition) is 4. The third kappa shape index (κ3) is 3.60. The van der Waals surface area contributed by atoms with Gasteiger partial charge in [0, 0.05) is 12.2 Å². The van der Waals surface area contributed by atoms with Crippen LogP contribution in [0.2, 0.25) is 5.02 Å². The number of amides is 1. The van der Waals surface area contributed by atoms with Crippen molar-refractivity contribution in [3.05, 3.63) is 40.3 Å². The SMILES string of the molecule is Cc1cc(C)n(-c2ccc(Cl)c(C(=O)NC(C)(CN)C(C)C)n2)n1. The van der Waals surface area contributed by atoms with Crippen LogP contribution in [0.15, 0.2) is 18.2 Å². The van der Waals surface area contributed by atoms with Gasteiger partial charge in [-0.15, -0.1) is 0 Å². The number of carbonyl (C=O) groups is 1. The molecule has 0 aliphatic heterocycles. The summed E-state index contributed by atoms with van der Waals surface area (Å²) in [4.78, 5) is 17.1. The fourth-order valence-corrected chi connectivity index (χ4v) is 2.51. The zero-order chi connectivity index (χ0) is 18.1. The summed E-state index contributed by atoms with van der Waals surface area (Å²) in [7, 11) is 0. The van der Waals surface area contributed by atoms with E-state index < -0.39 is 5.54 Å². The predicted molar refractivity (Wildman–Crippen MR) is 95.6 cm³/mol. The van der Waals surface area contributed by atoms with Crippen LogP contribution in [0, 0.1) is 19.8 Å². The molecule has 130 valence electrons. The Morgan fingerprint density at radius 3 is 2.58 bits per heavy atom. The van der Waals surface area contributed by atoms with Gasteiger partial charge in [-0.3, -0.25) is 4.79 Å². The minimum atomic E-state index is -0.531. The Labute approximate surface area is 147 Å². The van der Waals surface area contributed by atoms with Crippen molar-refractivity contribution in [2.24, 2.45) is 11.7 Å². The number of carbonyl (C=O) groups excluding carboxylic acids is 1. The van der Waals surface area contributed by atoms with Crippen LogP contribution >= 0.6 is 11.6 Å². The van der Waals surface area contributed by atoms with Gasteiger partial charge in [-0.1, -0.05) is 25.4 Å². The Kier molecular flexibility index (Phi) is 5.30. The highest BCUT2D eigenvalue weighted by molar-refractivity contribution is 6.33.